The highest BCUT2D eigenvalue weighted by Gasteiger charge is 2.33. The van der Waals surface area contributed by atoms with Crippen molar-refractivity contribution < 1.29 is 29.9 Å². The van der Waals surface area contributed by atoms with E-state index in [2.05, 4.69) is 30.1 Å². The molecule has 0 aromatic carbocycles. The maximum atomic E-state index is 10.4. The summed E-state index contributed by atoms with van der Waals surface area (Å²) in [4.78, 5) is 13.4. The Morgan fingerprint density at radius 2 is 1.42 bits per heavy atom. The third kappa shape index (κ3) is 10.7. The minimum Gasteiger partial charge on any atom is -0.400 e. The highest BCUT2D eigenvalue weighted by Crippen LogP contribution is 2.18. The van der Waals surface area contributed by atoms with Crippen molar-refractivity contribution in [2.75, 3.05) is 39.4 Å². The Bertz CT molecular complexity index is 1360. The molecule has 262 valence electrons. The van der Waals surface area contributed by atoms with E-state index in [1.54, 1.807) is 29.5 Å². The van der Waals surface area contributed by atoms with Gasteiger partial charge in [-0.1, -0.05) is 17.3 Å². The normalized spacial score (nSPS) is 25.1. The summed E-state index contributed by atoms with van der Waals surface area (Å²) in [6, 6.07) is 11.7. The number of pyridine rings is 2. The van der Waals surface area contributed by atoms with E-state index in [0.29, 0.717) is 76.7 Å². The number of aromatic nitrogens is 5. The standard InChI is InChI=1S/C32H48N10O6/c33-23(16-41(34)21-29-31(45)27(43)7-13-47-29)15-39(19-26-20-42(38-37-26)22-30-32(46)28(44)8-14-48-30)11-12-40(17-24-5-1-3-9-35-24)18-25-6-2-4-10-36-25/h1-6,9-10,16,20,27-32,43-46H,7-8,11-15,17-19,21-22,33-34H2/b23-16-. The van der Waals surface area contributed by atoms with Crippen LogP contribution in [-0.4, -0.2) is 136 Å². The Labute approximate surface area is 280 Å². The maximum Gasteiger partial charge on any atom is 0.108 e. The van der Waals surface area contributed by atoms with Crippen molar-refractivity contribution in [1.82, 2.24) is 39.8 Å². The van der Waals surface area contributed by atoms with Gasteiger partial charge in [-0.3, -0.25) is 19.8 Å². The SMILES string of the molecule is N/C(=C\N(N)CC1OCCC(O)C1O)CN(CCN(Cc1ccccn1)Cc1ccccn1)Cc1cn(CC2OCCC(O)C2O)nn1. The molecule has 2 aliphatic heterocycles. The van der Waals surface area contributed by atoms with Crippen molar-refractivity contribution >= 4 is 0 Å². The summed E-state index contributed by atoms with van der Waals surface area (Å²) < 4.78 is 12.9. The molecule has 5 rings (SSSR count). The zero-order chi connectivity index (χ0) is 33.9. The molecule has 6 atom stereocenters. The van der Waals surface area contributed by atoms with Gasteiger partial charge in [-0.25, -0.2) is 10.5 Å². The van der Waals surface area contributed by atoms with Crippen LogP contribution in [-0.2, 0) is 35.7 Å². The fraction of sp³-hybridized carbons (Fsp3) is 0.562. The van der Waals surface area contributed by atoms with Gasteiger partial charge >= 0.3 is 0 Å². The van der Waals surface area contributed by atoms with Crippen molar-refractivity contribution in [1.29, 1.82) is 0 Å². The van der Waals surface area contributed by atoms with Gasteiger partial charge in [0.15, 0.2) is 0 Å². The molecule has 0 spiro atoms. The Hall–Kier alpha value is -3.58. The van der Waals surface area contributed by atoms with Gasteiger partial charge in [-0.2, -0.15) is 0 Å². The van der Waals surface area contributed by atoms with Gasteiger partial charge in [0.05, 0.1) is 42.4 Å². The molecule has 0 bridgehead atoms. The minimum absolute atomic E-state index is 0.152. The molecule has 2 aliphatic rings. The van der Waals surface area contributed by atoms with Crippen LogP contribution in [0, 0.1) is 0 Å². The van der Waals surface area contributed by atoms with Gasteiger partial charge in [0.25, 0.3) is 0 Å². The van der Waals surface area contributed by atoms with Gasteiger partial charge in [0, 0.05) is 83.0 Å². The lowest BCUT2D eigenvalue weighted by atomic mass is 10.0. The first kappa shape index (κ1) is 35.7. The van der Waals surface area contributed by atoms with Gasteiger partial charge in [-0.15, -0.1) is 5.10 Å². The van der Waals surface area contributed by atoms with E-state index in [9.17, 15) is 20.4 Å². The molecule has 5 heterocycles. The highest BCUT2D eigenvalue weighted by molar-refractivity contribution is 5.07. The Morgan fingerprint density at radius 3 is 2.04 bits per heavy atom. The number of ether oxygens (including phenoxy) is 2. The Morgan fingerprint density at radius 1 is 0.833 bits per heavy atom. The van der Waals surface area contributed by atoms with Crippen molar-refractivity contribution in [3.05, 3.63) is 84.0 Å². The molecule has 2 fully saturated rings. The summed E-state index contributed by atoms with van der Waals surface area (Å²) >= 11 is 0. The van der Waals surface area contributed by atoms with Crippen molar-refractivity contribution in [3.8, 4) is 0 Å². The minimum atomic E-state index is -1.04. The molecule has 6 unspecified atom stereocenters. The molecule has 48 heavy (non-hydrogen) atoms. The Kier molecular flexibility index (Phi) is 13.2. The molecule has 0 aliphatic carbocycles. The predicted octanol–water partition coefficient (Wildman–Crippen LogP) is -1.43. The summed E-state index contributed by atoms with van der Waals surface area (Å²) in [5, 5.41) is 50.7. The zero-order valence-corrected chi connectivity index (χ0v) is 27.1. The molecule has 3 aromatic heterocycles. The highest BCUT2D eigenvalue weighted by atomic mass is 16.5. The molecule has 3 aromatic rings. The Balaban J connectivity index is 1.27. The lowest BCUT2D eigenvalue weighted by Gasteiger charge is -2.34. The molecule has 0 saturated carbocycles. The number of rotatable bonds is 16. The van der Waals surface area contributed by atoms with Gasteiger partial charge in [0.1, 0.15) is 24.4 Å². The van der Waals surface area contributed by atoms with E-state index >= 15 is 0 Å². The van der Waals surface area contributed by atoms with Crippen LogP contribution < -0.4 is 11.6 Å². The van der Waals surface area contributed by atoms with E-state index < -0.39 is 36.6 Å². The van der Waals surface area contributed by atoms with E-state index in [-0.39, 0.29) is 13.1 Å². The second kappa shape index (κ2) is 17.7. The van der Waals surface area contributed by atoms with Crippen molar-refractivity contribution in [3.63, 3.8) is 0 Å². The lowest BCUT2D eigenvalue weighted by molar-refractivity contribution is -0.140. The monoisotopic (exact) mass is 668 g/mol. The summed E-state index contributed by atoms with van der Waals surface area (Å²) in [5.74, 6) is 6.24. The van der Waals surface area contributed by atoms with E-state index in [1.165, 1.54) is 5.01 Å². The average Bonchev–Trinajstić information content (AvgIpc) is 3.51. The first-order valence-electron chi connectivity index (χ1n) is 16.3. The van der Waals surface area contributed by atoms with E-state index in [1.807, 2.05) is 36.4 Å². The number of nitrogens with zero attached hydrogens (tertiary/aromatic N) is 8. The third-order valence-corrected chi connectivity index (χ3v) is 8.46. The predicted molar refractivity (Wildman–Crippen MR) is 174 cm³/mol. The van der Waals surface area contributed by atoms with Crippen LogP contribution >= 0.6 is 0 Å². The zero-order valence-electron chi connectivity index (χ0n) is 27.1. The number of hydrazine groups is 1. The smallest absolute Gasteiger partial charge is 0.108 e. The third-order valence-electron chi connectivity index (χ3n) is 8.46. The van der Waals surface area contributed by atoms with Crippen LogP contribution in [0.1, 0.15) is 29.9 Å². The summed E-state index contributed by atoms with van der Waals surface area (Å²) in [5.41, 5.74) is 9.55. The molecule has 16 nitrogen and oxygen atoms in total. The van der Waals surface area contributed by atoms with Gasteiger partial charge in [-0.05, 0) is 37.1 Å². The molecule has 8 N–H and O–H groups in total. The van der Waals surface area contributed by atoms with Crippen LogP contribution in [0.2, 0.25) is 0 Å². The summed E-state index contributed by atoms with van der Waals surface area (Å²) in [7, 11) is 0. The van der Waals surface area contributed by atoms with Crippen LogP contribution in [0.25, 0.3) is 0 Å². The number of aliphatic hydroxyl groups is 4. The quantitative estimate of drug-likeness (QED) is 0.0762. The molecule has 2 saturated heterocycles. The molecular formula is C32H48N10O6. The lowest BCUT2D eigenvalue weighted by Crippen LogP contribution is -2.50. The van der Waals surface area contributed by atoms with Crippen LogP contribution in [0.4, 0.5) is 0 Å². The number of nitrogens with two attached hydrogens (primary N) is 2. The molecule has 16 heteroatoms. The fourth-order valence-electron chi connectivity index (χ4n) is 5.87. The molecule has 0 amide bonds. The average molecular weight is 669 g/mol. The topological polar surface area (TPSA) is 218 Å². The van der Waals surface area contributed by atoms with Crippen molar-refractivity contribution in [2.45, 2.75) is 75.6 Å². The number of aliphatic hydroxyl groups excluding tert-OH is 4. The molecule has 0 radical (unpaired) electrons. The first-order valence-corrected chi connectivity index (χ1v) is 16.3. The summed E-state index contributed by atoms with van der Waals surface area (Å²) in [6.45, 7) is 4.34. The van der Waals surface area contributed by atoms with Crippen LogP contribution in [0.15, 0.2) is 66.9 Å². The largest absolute Gasteiger partial charge is 0.400 e. The van der Waals surface area contributed by atoms with Crippen molar-refractivity contribution in [2.24, 2.45) is 11.6 Å². The van der Waals surface area contributed by atoms with Gasteiger partial charge in [0.2, 0.25) is 0 Å². The van der Waals surface area contributed by atoms with Gasteiger partial charge < -0.3 is 40.6 Å². The fourth-order valence-corrected chi connectivity index (χ4v) is 5.87. The second-order valence-electron chi connectivity index (χ2n) is 12.4. The summed E-state index contributed by atoms with van der Waals surface area (Å²) in [6.07, 6.45) is 2.75. The van der Waals surface area contributed by atoms with Crippen LogP contribution in [0.5, 0.6) is 0 Å². The van der Waals surface area contributed by atoms with E-state index in [4.69, 9.17) is 21.1 Å². The number of hydrogen-bond donors (Lipinski definition) is 6. The second-order valence-corrected chi connectivity index (χ2v) is 12.4. The first-order chi connectivity index (χ1) is 23.2. The molecular weight excluding hydrogens is 620 g/mol. The van der Waals surface area contributed by atoms with Crippen LogP contribution in [0.3, 0.4) is 0 Å². The maximum absolute atomic E-state index is 10.4. The number of hydrogen-bond acceptors (Lipinski definition) is 15. The van der Waals surface area contributed by atoms with E-state index in [0.717, 1.165) is 11.4 Å².